The highest BCUT2D eigenvalue weighted by Crippen LogP contribution is 2.49. The lowest BCUT2D eigenvalue weighted by Crippen LogP contribution is -2.50. The summed E-state index contributed by atoms with van der Waals surface area (Å²) in [7, 11) is 1.54. The van der Waals surface area contributed by atoms with E-state index in [2.05, 4.69) is 34.1 Å². The molecule has 0 radical (unpaired) electrons. The van der Waals surface area contributed by atoms with Crippen molar-refractivity contribution in [2.45, 2.75) is 38.1 Å². The number of hydrogen-bond acceptors (Lipinski definition) is 3. The Kier molecular flexibility index (Phi) is 3.63. The molecule has 1 N–H and O–H groups in total. The van der Waals surface area contributed by atoms with Crippen LogP contribution in [0, 0.1) is 17.8 Å². The molecule has 1 aromatic heterocycles. The normalized spacial score (nSPS) is 31.9. The van der Waals surface area contributed by atoms with Gasteiger partial charge in [0.1, 0.15) is 0 Å². The van der Waals surface area contributed by atoms with Gasteiger partial charge in [0.05, 0.1) is 19.1 Å². The van der Waals surface area contributed by atoms with Gasteiger partial charge in [0, 0.05) is 29.7 Å². The highest BCUT2D eigenvalue weighted by atomic mass is 16.5. The van der Waals surface area contributed by atoms with Gasteiger partial charge >= 0.3 is 5.97 Å². The second kappa shape index (κ2) is 5.87. The van der Waals surface area contributed by atoms with Crippen LogP contribution in [0.25, 0.3) is 10.9 Å². The van der Waals surface area contributed by atoms with Crippen LogP contribution in [-0.4, -0.2) is 36.1 Å². The minimum atomic E-state index is 0.0100. The average molecular weight is 338 g/mol. The molecular formula is C21H26N2O2. The van der Waals surface area contributed by atoms with Crippen LogP contribution in [0.1, 0.15) is 43.0 Å². The fourth-order valence-corrected chi connectivity index (χ4v) is 5.80. The van der Waals surface area contributed by atoms with E-state index in [9.17, 15) is 4.79 Å². The quantitative estimate of drug-likeness (QED) is 0.807. The second-order valence-corrected chi connectivity index (χ2v) is 8.04. The van der Waals surface area contributed by atoms with Crippen LogP contribution in [0.5, 0.6) is 0 Å². The number of H-pyrrole nitrogens is 1. The van der Waals surface area contributed by atoms with Gasteiger partial charge in [-0.1, -0.05) is 24.6 Å². The largest absolute Gasteiger partial charge is 0.469 e. The molecule has 3 aliphatic rings. The minimum Gasteiger partial charge on any atom is -0.469 e. The van der Waals surface area contributed by atoms with E-state index in [1.165, 1.54) is 35.7 Å². The first-order valence-electron chi connectivity index (χ1n) is 9.67. The molecule has 3 heterocycles. The van der Waals surface area contributed by atoms with E-state index >= 15 is 0 Å². The van der Waals surface area contributed by atoms with E-state index in [1.807, 2.05) is 0 Å². The van der Waals surface area contributed by atoms with Crippen LogP contribution in [0.2, 0.25) is 0 Å². The molecule has 1 saturated heterocycles. The molecule has 0 spiro atoms. The van der Waals surface area contributed by atoms with Gasteiger partial charge in [-0.25, -0.2) is 0 Å². The zero-order chi connectivity index (χ0) is 17.0. The van der Waals surface area contributed by atoms with Gasteiger partial charge in [0.2, 0.25) is 0 Å². The first-order chi connectivity index (χ1) is 12.3. The van der Waals surface area contributed by atoms with E-state index < -0.39 is 0 Å². The lowest BCUT2D eigenvalue weighted by Gasteiger charge is -2.49. The summed E-state index contributed by atoms with van der Waals surface area (Å²) in [6.45, 7) is 2.28. The number of carbonyl (C=O) groups is 1. The molecule has 4 atom stereocenters. The Morgan fingerprint density at radius 2 is 2.16 bits per heavy atom. The maximum absolute atomic E-state index is 12.3. The van der Waals surface area contributed by atoms with Crippen molar-refractivity contribution in [3.63, 3.8) is 0 Å². The molecule has 5 rings (SSSR count). The Morgan fingerprint density at radius 1 is 1.28 bits per heavy atom. The third-order valence-electron chi connectivity index (χ3n) is 6.95. The van der Waals surface area contributed by atoms with Gasteiger partial charge in [0.25, 0.3) is 0 Å². The number of rotatable bonds is 1. The molecule has 2 aromatic rings. The number of aromatic amines is 1. The molecule has 0 bridgehead atoms. The molecular weight excluding hydrogens is 312 g/mol. The first-order valence-corrected chi connectivity index (χ1v) is 9.67. The number of esters is 1. The van der Waals surface area contributed by atoms with Gasteiger partial charge in [-0.3, -0.25) is 9.69 Å². The van der Waals surface area contributed by atoms with Gasteiger partial charge < -0.3 is 9.72 Å². The Bertz CT molecular complexity index is 811. The summed E-state index contributed by atoms with van der Waals surface area (Å²) in [5.74, 6) is 1.23. The van der Waals surface area contributed by atoms with Crippen LogP contribution in [0.15, 0.2) is 24.3 Å². The Morgan fingerprint density at radius 3 is 3.04 bits per heavy atom. The monoisotopic (exact) mass is 338 g/mol. The molecule has 25 heavy (non-hydrogen) atoms. The molecule has 4 nitrogen and oxygen atoms in total. The van der Waals surface area contributed by atoms with Gasteiger partial charge in [-0.2, -0.15) is 0 Å². The molecule has 1 saturated carbocycles. The summed E-state index contributed by atoms with van der Waals surface area (Å²) >= 11 is 0. The summed E-state index contributed by atoms with van der Waals surface area (Å²) < 4.78 is 5.13. The zero-order valence-corrected chi connectivity index (χ0v) is 14.8. The number of nitrogens with one attached hydrogen (secondary N) is 1. The van der Waals surface area contributed by atoms with Crippen LogP contribution < -0.4 is 0 Å². The predicted octanol–water partition coefficient (Wildman–Crippen LogP) is 3.68. The number of carbonyl (C=O) groups excluding carboxylic acids is 1. The van der Waals surface area contributed by atoms with Crippen molar-refractivity contribution in [3.8, 4) is 0 Å². The van der Waals surface area contributed by atoms with Crippen molar-refractivity contribution in [2.24, 2.45) is 17.8 Å². The maximum Gasteiger partial charge on any atom is 0.308 e. The van der Waals surface area contributed by atoms with Crippen molar-refractivity contribution < 1.29 is 9.53 Å². The predicted molar refractivity (Wildman–Crippen MR) is 97.3 cm³/mol. The minimum absolute atomic E-state index is 0.0100. The van der Waals surface area contributed by atoms with Gasteiger partial charge in [-0.15, -0.1) is 0 Å². The van der Waals surface area contributed by atoms with Crippen LogP contribution in [-0.2, 0) is 16.0 Å². The van der Waals surface area contributed by atoms with Crippen molar-refractivity contribution in [3.05, 3.63) is 35.5 Å². The van der Waals surface area contributed by atoms with Crippen molar-refractivity contribution in [1.29, 1.82) is 0 Å². The number of para-hydroxylation sites is 1. The molecule has 1 aliphatic carbocycles. The van der Waals surface area contributed by atoms with E-state index in [4.69, 9.17) is 4.74 Å². The number of benzene rings is 1. The number of fused-ring (bicyclic) bond motifs is 6. The SMILES string of the molecule is COC(=O)[C@@H]1CCC[C@@H]2CN3CCc4c([nH]c5ccccc45)C3C[C@@H]21. The Hall–Kier alpha value is -1.81. The lowest BCUT2D eigenvalue weighted by molar-refractivity contribution is -0.152. The summed E-state index contributed by atoms with van der Waals surface area (Å²) in [6.07, 6.45) is 5.65. The van der Waals surface area contributed by atoms with E-state index in [-0.39, 0.29) is 11.9 Å². The summed E-state index contributed by atoms with van der Waals surface area (Å²) in [5, 5.41) is 1.38. The molecule has 0 amide bonds. The number of methoxy groups -OCH3 is 1. The molecule has 1 aromatic carbocycles. The Balaban J connectivity index is 1.51. The number of piperidine rings is 1. The van der Waals surface area contributed by atoms with E-state index in [0.717, 1.165) is 38.8 Å². The van der Waals surface area contributed by atoms with Crippen molar-refractivity contribution >= 4 is 16.9 Å². The maximum atomic E-state index is 12.3. The van der Waals surface area contributed by atoms with Crippen LogP contribution >= 0.6 is 0 Å². The summed E-state index contributed by atoms with van der Waals surface area (Å²) in [6, 6.07) is 9.09. The number of aromatic nitrogens is 1. The standard InChI is InChI=1S/C21H26N2O2/c1-25-21(24)16-7-4-5-13-12-23-10-9-15-14-6-2-3-8-18(14)22-20(15)19(23)11-17(13)16/h2-3,6,8,13,16-17,19,22H,4-5,7,9-12H2,1H3/t13-,16-,17+,19?/m1/s1. The zero-order valence-electron chi connectivity index (χ0n) is 14.8. The third-order valence-corrected chi connectivity index (χ3v) is 6.95. The van der Waals surface area contributed by atoms with E-state index in [1.54, 1.807) is 0 Å². The fraction of sp³-hybridized carbons (Fsp3) is 0.571. The first kappa shape index (κ1) is 15.4. The number of hydrogen-bond donors (Lipinski definition) is 1. The molecule has 132 valence electrons. The summed E-state index contributed by atoms with van der Waals surface area (Å²) in [4.78, 5) is 18.7. The van der Waals surface area contributed by atoms with E-state index in [0.29, 0.717) is 17.9 Å². The van der Waals surface area contributed by atoms with Crippen molar-refractivity contribution in [1.82, 2.24) is 9.88 Å². The molecule has 4 heteroatoms. The Labute approximate surface area is 148 Å². The van der Waals surface area contributed by atoms with Gasteiger partial charge in [-0.05, 0) is 49.1 Å². The number of nitrogens with zero attached hydrogens (tertiary/aromatic N) is 1. The van der Waals surface area contributed by atoms with Gasteiger partial charge in [0.15, 0.2) is 0 Å². The van der Waals surface area contributed by atoms with Crippen molar-refractivity contribution in [2.75, 3.05) is 20.2 Å². The highest BCUT2D eigenvalue weighted by Gasteiger charge is 2.46. The topological polar surface area (TPSA) is 45.3 Å². The molecule has 2 fully saturated rings. The lowest BCUT2D eigenvalue weighted by atomic mass is 9.66. The number of ether oxygens (including phenoxy) is 1. The highest BCUT2D eigenvalue weighted by molar-refractivity contribution is 5.85. The second-order valence-electron chi connectivity index (χ2n) is 8.04. The fourth-order valence-electron chi connectivity index (χ4n) is 5.80. The molecule has 2 aliphatic heterocycles. The average Bonchev–Trinajstić information content (AvgIpc) is 3.04. The van der Waals surface area contributed by atoms with Crippen LogP contribution in [0.4, 0.5) is 0 Å². The smallest absolute Gasteiger partial charge is 0.308 e. The summed E-state index contributed by atoms with van der Waals surface area (Å²) in [5.41, 5.74) is 4.16. The third kappa shape index (κ3) is 2.34. The van der Waals surface area contributed by atoms with Crippen LogP contribution in [0.3, 0.4) is 0 Å². The molecule has 1 unspecified atom stereocenters.